The number of benzene rings is 1. The Kier molecular flexibility index (Phi) is 7.64. The minimum absolute atomic E-state index is 0.400. The van der Waals surface area contributed by atoms with Crippen molar-refractivity contribution < 1.29 is 40.6 Å². The Bertz CT molecular complexity index is 679. The van der Waals surface area contributed by atoms with Gasteiger partial charge >= 0.3 is 164 Å². The summed E-state index contributed by atoms with van der Waals surface area (Å²) in [5.41, 5.74) is -1.11. The first kappa shape index (κ1) is 24.8. The fraction of sp³-hybridized carbons (Fsp3) is 0.556. The molecule has 0 aliphatic rings. The maximum atomic E-state index is 14.5. The van der Waals surface area contributed by atoms with E-state index < -0.39 is 61.3 Å². The van der Waals surface area contributed by atoms with E-state index in [-0.39, 0.29) is 0 Å². The van der Waals surface area contributed by atoms with Crippen LogP contribution in [0.1, 0.15) is 27.7 Å². The summed E-state index contributed by atoms with van der Waals surface area (Å²) in [6.45, 7) is 4.94. The van der Waals surface area contributed by atoms with Gasteiger partial charge in [0, 0.05) is 0 Å². The Hall–Kier alpha value is -1.25. The van der Waals surface area contributed by atoms with Gasteiger partial charge in [-0.3, -0.25) is 0 Å². The molecule has 10 heteroatoms. The predicted molar refractivity (Wildman–Crippen MR) is 91.9 cm³/mol. The molecule has 0 amide bonds. The number of hydrogen-bond acceptors (Lipinski definition) is 2. The zero-order chi connectivity index (χ0) is 22.0. The average molecular weight is 481 g/mol. The quantitative estimate of drug-likeness (QED) is 0.353. The zero-order valence-electron chi connectivity index (χ0n) is 15.6. The Morgan fingerprint density at radius 3 is 1.89 bits per heavy atom. The molecule has 0 bridgehead atoms. The first-order chi connectivity index (χ1) is 12.6. The number of allylic oxidation sites excluding steroid dienone is 1. The van der Waals surface area contributed by atoms with E-state index in [1.54, 1.807) is 18.2 Å². The molecule has 2 nitrogen and oxygen atoms in total. The first-order valence-electron chi connectivity index (χ1n) is 8.18. The van der Waals surface area contributed by atoms with Crippen LogP contribution in [0.2, 0.25) is 0 Å². The molecule has 1 rings (SSSR count). The first-order valence-corrected chi connectivity index (χ1v) is 9.89. The summed E-state index contributed by atoms with van der Waals surface area (Å²) in [5, 5.41) is 10.6. The number of rotatable bonds is 7. The van der Waals surface area contributed by atoms with Crippen molar-refractivity contribution in [1.29, 1.82) is 0 Å². The molecule has 1 atom stereocenters. The van der Waals surface area contributed by atoms with Crippen LogP contribution in [0, 0.1) is 5.41 Å². The molecule has 0 aliphatic heterocycles. The van der Waals surface area contributed by atoms with E-state index >= 15 is 0 Å². The van der Waals surface area contributed by atoms with Crippen molar-refractivity contribution in [3.8, 4) is 0 Å². The van der Waals surface area contributed by atoms with Crippen LogP contribution < -0.4 is 4.46 Å². The number of hydrogen-bond donors (Lipinski definition) is 1. The van der Waals surface area contributed by atoms with Gasteiger partial charge in [0.15, 0.2) is 0 Å². The van der Waals surface area contributed by atoms with E-state index in [0.717, 1.165) is 0 Å². The van der Waals surface area contributed by atoms with Gasteiger partial charge in [-0.15, -0.1) is 0 Å². The molecule has 1 aromatic carbocycles. The molecular weight excluding hydrogens is 460 g/mol. The fourth-order valence-electron chi connectivity index (χ4n) is 2.02. The van der Waals surface area contributed by atoms with E-state index in [1.165, 1.54) is 39.8 Å². The monoisotopic (exact) mass is 482 g/mol. The molecule has 0 saturated heterocycles. The van der Waals surface area contributed by atoms with E-state index in [1.807, 2.05) is 0 Å². The Balaban J connectivity index is 3.73. The van der Waals surface area contributed by atoms with E-state index in [0.29, 0.717) is 4.46 Å². The summed E-state index contributed by atoms with van der Waals surface area (Å²) in [7, 11) is 0. The average Bonchev–Trinajstić information content (AvgIpc) is 2.56. The van der Waals surface area contributed by atoms with Crippen LogP contribution in [0.3, 0.4) is 0 Å². The third kappa shape index (κ3) is 5.21. The third-order valence-corrected chi connectivity index (χ3v) is 5.97. The molecule has 0 heterocycles. The van der Waals surface area contributed by atoms with Gasteiger partial charge in [-0.2, -0.15) is 0 Å². The molecule has 1 unspecified atom stereocenters. The molecule has 1 N–H and O–H groups in total. The van der Waals surface area contributed by atoms with Crippen molar-refractivity contribution in [3.63, 3.8) is 0 Å². The molecule has 0 radical (unpaired) electrons. The van der Waals surface area contributed by atoms with Crippen molar-refractivity contribution in [2.24, 2.45) is 5.41 Å². The Labute approximate surface area is 164 Å². The molecule has 28 heavy (non-hydrogen) atoms. The summed E-state index contributed by atoms with van der Waals surface area (Å²) in [6, 6.07) is 7.74. The SMILES string of the molecule is CCO/C(=C(/[Se]c1ccccc1)C(O)C(C)(C)C)C(F)(F)C(F)(F)C(F)(F)F. The van der Waals surface area contributed by atoms with Crippen molar-refractivity contribution in [2.75, 3.05) is 6.61 Å². The van der Waals surface area contributed by atoms with Crippen LogP contribution in [0.4, 0.5) is 30.7 Å². The summed E-state index contributed by atoms with van der Waals surface area (Å²) in [5.74, 6) is -13.9. The van der Waals surface area contributed by atoms with Crippen LogP contribution in [0.25, 0.3) is 0 Å². The Morgan fingerprint density at radius 1 is 1.00 bits per heavy atom. The number of ether oxygens (including phenoxy) is 1. The van der Waals surface area contributed by atoms with Gasteiger partial charge in [-0.25, -0.2) is 0 Å². The maximum absolute atomic E-state index is 14.5. The van der Waals surface area contributed by atoms with E-state index in [2.05, 4.69) is 4.74 Å². The van der Waals surface area contributed by atoms with Gasteiger partial charge in [0.25, 0.3) is 0 Å². The van der Waals surface area contributed by atoms with Crippen molar-refractivity contribution in [2.45, 2.75) is 51.8 Å². The van der Waals surface area contributed by atoms with Gasteiger partial charge in [-0.05, 0) is 0 Å². The summed E-state index contributed by atoms with van der Waals surface area (Å²) in [4.78, 5) is 0. The predicted octanol–water partition coefficient (Wildman–Crippen LogP) is 4.50. The van der Waals surface area contributed by atoms with Gasteiger partial charge in [0.1, 0.15) is 0 Å². The topological polar surface area (TPSA) is 29.5 Å². The summed E-state index contributed by atoms with van der Waals surface area (Å²) in [6.07, 6.45) is -8.24. The zero-order valence-corrected chi connectivity index (χ0v) is 17.3. The number of aliphatic hydroxyl groups excluding tert-OH is 1. The van der Waals surface area contributed by atoms with Crippen molar-refractivity contribution >= 4 is 19.4 Å². The van der Waals surface area contributed by atoms with Gasteiger partial charge in [-0.1, -0.05) is 0 Å². The van der Waals surface area contributed by atoms with Gasteiger partial charge in [0.2, 0.25) is 0 Å². The van der Waals surface area contributed by atoms with Crippen LogP contribution in [-0.2, 0) is 4.74 Å². The Morgan fingerprint density at radius 2 is 1.50 bits per heavy atom. The summed E-state index contributed by atoms with van der Waals surface area (Å²) >= 11 is -1.19. The molecular formula is C18H21F7O2Se. The molecule has 0 spiro atoms. The van der Waals surface area contributed by atoms with Gasteiger partial charge in [0.05, 0.1) is 0 Å². The molecule has 0 aromatic heterocycles. The van der Waals surface area contributed by atoms with Gasteiger partial charge < -0.3 is 0 Å². The van der Waals surface area contributed by atoms with E-state index in [4.69, 9.17) is 0 Å². The second kappa shape index (κ2) is 8.63. The number of aliphatic hydroxyl groups is 1. The van der Waals surface area contributed by atoms with Crippen molar-refractivity contribution in [3.05, 3.63) is 40.6 Å². The van der Waals surface area contributed by atoms with E-state index in [9.17, 15) is 35.8 Å². The fourth-order valence-corrected chi connectivity index (χ4v) is 4.73. The standard InChI is InChI=1S/C18H21F7O2Se/c1-5-27-14(16(19,20)17(21,22)18(23,24)25)12(13(26)15(2,3)4)28-11-9-7-6-8-10-11/h6-10,13,26H,5H2,1-4H3/b14-12+. The van der Waals surface area contributed by atoms with Crippen LogP contribution in [-0.4, -0.2) is 50.8 Å². The van der Waals surface area contributed by atoms with Crippen molar-refractivity contribution in [1.82, 2.24) is 0 Å². The molecule has 160 valence electrons. The second-order valence-corrected chi connectivity index (χ2v) is 9.30. The molecule has 0 fully saturated rings. The van der Waals surface area contributed by atoms with Crippen LogP contribution in [0.15, 0.2) is 40.6 Å². The molecule has 1 aromatic rings. The normalized spacial score (nSPS) is 15.9. The second-order valence-electron chi connectivity index (χ2n) is 6.96. The minimum atomic E-state index is -6.50. The third-order valence-electron chi connectivity index (χ3n) is 3.59. The molecule has 0 saturated carbocycles. The number of halogens is 7. The number of alkyl halides is 7. The van der Waals surface area contributed by atoms with Crippen LogP contribution in [0.5, 0.6) is 0 Å². The summed E-state index contributed by atoms with van der Waals surface area (Å²) < 4.78 is 98.8. The molecule has 0 aliphatic carbocycles. The van der Waals surface area contributed by atoms with Crippen LogP contribution >= 0.6 is 0 Å².